The Labute approximate surface area is 109 Å². The fraction of sp³-hybridized carbons (Fsp3) is 0.462. The monoisotopic (exact) mass is 273 g/mol. The van der Waals surface area contributed by atoms with Gasteiger partial charge >= 0.3 is 12.1 Å². The SMILES string of the molecule is COc1ccc2c(c1)[C@H](C)N(C(=O)C(F)(F)F)CC2. The van der Waals surface area contributed by atoms with Crippen LogP contribution in [0.5, 0.6) is 5.75 Å². The summed E-state index contributed by atoms with van der Waals surface area (Å²) in [5.41, 5.74) is 1.67. The molecule has 1 aromatic carbocycles. The van der Waals surface area contributed by atoms with E-state index in [1.807, 2.05) is 6.07 Å². The zero-order valence-electron chi connectivity index (χ0n) is 10.6. The van der Waals surface area contributed by atoms with Crippen LogP contribution in [0.3, 0.4) is 0 Å². The Morgan fingerprint density at radius 2 is 2.11 bits per heavy atom. The molecule has 19 heavy (non-hydrogen) atoms. The lowest BCUT2D eigenvalue weighted by molar-refractivity contribution is -0.188. The number of carbonyl (C=O) groups excluding carboxylic acids is 1. The van der Waals surface area contributed by atoms with Gasteiger partial charge in [0.15, 0.2) is 0 Å². The summed E-state index contributed by atoms with van der Waals surface area (Å²) in [6, 6.07) is 4.69. The van der Waals surface area contributed by atoms with Crippen LogP contribution in [0.2, 0.25) is 0 Å². The maximum Gasteiger partial charge on any atom is 0.471 e. The standard InChI is InChI=1S/C13H14F3NO2/c1-8-11-7-10(19-2)4-3-9(11)5-6-17(8)12(18)13(14,15)16/h3-4,7-8H,5-6H2,1-2H3/t8-/m0/s1. The first-order valence-corrected chi connectivity index (χ1v) is 5.89. The van der Waals surface area contributed by atoms with Crippen LogP contribution in [0.15, 0.2) is 18.2 Å². The summed E-state index contributed by atoms with van der Waals surface area (Å²) < 4.78 is 42.6. The van der Waals surface area contributed by atoms with Gasteiger partial charge in [-0.1, -0.05) is 6.07 Å². The quantitative estimate of drug-likeness (QED) is 0.787. The number of carbonyl (C=O) groups is 1. The first-order chi connectivity index (χ1) is 8.84. The number of hydrogen-bond donors (Lipinski definition) is 0. The number of rotatable bonds is 1. The van der Waals surface area contributed by atoms with Gasteiger partial charge in [0.05, 0.1) is 13.2 Å². The number of ether oxygens (including phenoxy) is 1. The average molecular weight is 273 g/mol. The van der Waals surface area contributed by atoms with Gasteiger partial charge in [-0.25, -0.2) is 0 Å². The molecule has 1 aromatic rings. The Hall–Kier alpha value is -1.72. The number of hydrogen-bond acceptors (Lipinski definition) is 2. The van der Waals surface area contributed by atoms with Crippen molar-refractivity contribution >= 4 is 5.91 Å². The molecule has 0 fully saturated rings. The van der Waals surface area contributed by atoms with E-state index in [1.54, 1.807) is 19.1 Å². The highest BCUT2D eigenvalue weighted by Gasteiger charge is 2.45. The van der Waals surface area contributed by atoms with E-state index in [2.05, 4.69) is 0 Å². The van der Waals surface area contributed by atoms with Crippen LogP contribution >= 0.6 is 0 Å². The van der Waals surface area contributed by atoms with E-state index in [4.69, 9.17) is 4.74 Å². The predicted octanol–water partition coefficient (Wildman–Crippen LogP) is 2.70. The summed E-state index contributed by atoms with van der Waals surface area (Å²) in [6.45, 7) is 1.68. The van der Waals surface area contributed by atoms with E-state index in [0.717, 1.165) is 10.5 Å². The van der Waals surface area contributed by atoms with Crippen molar-refractivity contribution in [3.63, 3.8) is 0 Å². The van der Waals surface area contributed by atoms with E-state index >= 15 is 0 Å². The minimum absolute atomic E-state index is 0.0822. The highest BCUT2D eigenvalue weighted by Crippen LogP contribution is 2.34. The van der Waals surface area contributed by atoms with Gasteiger partial charge in [0.2, 0.25) is 0 Å². The Morgan fingerprint density at radius 3 is 2.68 bits per heavy atom. The molecular weight excluding hydrogens is 259 g/mol. The van der Waals surface area contributed by atoms with Crippen molar-refractivity contribution < 1.29 is 22.7 Å². The first kappa shape index (κ1) is 13.7. The Bertz CT molecular complexity index is 499. The van der Waals surface area contributed by atoms with Crippen LogP contribution < -0.4 is 4.74 Å². The van der Waals surface area contributed by atoms with Crippen LogP contribution in [-0.4, -0.2) is 30.6 Å². The highest BCUT2D eigenvalue weighted by atomic mass is 19.4. The van der Waals surface area contributed by atoms with Crippen LogP contribution in [0.1, 0.15) is 24.1 Å². The third-order valence-electron chi connectivity index (χ3n) is 3.40. The molecule has 1 heterocycles. The molecule has 0 unspecified atom stereocenters. The van der Waals surface area contributed by atoms with E-state index in [-0.39, 0.29) is 6.54 Å². The largest absolute Gasteiger partial charge is 0.497 e. The fourth-order valence-corrected chi connectivity index (χ4v) is 2.36. The number of nitrogens with zero attached hydrogens (tertiary/aromatic N) is 1. The molecule has 0 aliphatic carbocycles. The topological polar surface area (TPSA) is 29.5 Å². The van der Waals surface area contributed by atoms with Gasteiger partial charge in [0, 0.05) is 6.54 Å². The maximum atomic E-state index is 12.5. The molecule has 104 valence electrons. The number of benzene rings is 1. The lowest BCUT2D eigenvalue weighted by Crippen LogP contribution is -2.45. The molecular formula is C13H14F3NO2. The summed E-state index contributed by atoms with van der Waals surface area (Å²) in [7, 11) is 1.49. The molecule has 0 N–H and O–H groups in total. The van der Waals surface area contributed by atoms with Crippen molar-refractivity contribution in [2.75, 3.05) is 13.7 Å². The molecule has 1 aliphatic heterocycles. The Morgan fingerprint density at radius 1 is 1.42 bits per heavy atom. The molecule has 0 saturated carbocycles. The van der Waals surface area contributed by atoms with Gasteiger partial charge in [-0.2, -0.15) is 13.2 Å². The number of methoxy groups -OCH3 is 1. The second-order valence-corrected chi connectivity index (χ2v) is 4.49. The Kier molecular flexibility index (Phi) is 3.43. The minimum Gasteiger partial charge on any atom is -0.497 e. The van der Waals surface area contributed by atoms with E-state index in [0.29, 0.717) is 17.7 Å². The number of alkyl halides is 3. The van der Waals surface area contributed by atoms with Gasteiger partial charge in [0.1, 0.15) is 5.75 Å². The molecule has 0 saturated heterocycles. The summed E-state index contributed by atoms with van der Waals surface area (Å²) in [4.78, 5) is 12.2. The van der Waals surface area contributed by atoms with Crippen molar-refractivity contribution in [3.8, 4) is 5.75 Å². The van der Waals surface area contributed by atoms with Crippen LogP contribution in [0.4, 0.5) is 13.2 Å². The minimum atomic E-state index is -4.83. The molecule has 0 spiro atoms. The fourth-order valence-electron chi connectivity index (χ4n) is 2.36. The van der Waals surface area contributed by atoms with Gasteiger partial charge < -0.3 is 9.64 Å². The van der Waals surface area contributed by atoms with Gasteiger partial charge in [0.25, 0.3) is 0 Å². The van der Waals surface area contributed by atoms with Gasteiger partial charge in [-0.15, -0.1) is 0 Å². The van der Waals surface area contributed by atoms with E-state index in [9.17, 15) is 18.0 Å². The van der Waals surface area contributed by atoms with Gasteiger partial charge in [-0.3, -0.25) is 4.79 Å². The molecule has 3 nitrogen and oxygen atoms in total. The zero-order valence-corrected chi connectivity index (χ0v) is 10.6. The highest BCUT2D eigenvalue weighted by molar-refractivity contribution is 5.82. The van der Waals surface area contributed by atoms with Crippen molar-refractivity contribution in [2.45, 2.75) is 25.6 Å². The van der Waals surface area contributed by atoms with Crippen LogP contribution in [-0.2, 0) is 11.2 Å². The molecule has 0 radical (unpaired) electrons. The number of fused-ring (bicyclic) bond motifs is 1. The molecule has 1 atom stereocenters. The molecule has 6 heteroatoms. The van der Waals surface area contributed by atoms with Crippen LogP contribution in [0, 0.1) is 0 Å². The van der Waals surface area contributed by atoms with Crippen molar-refractivity contribution in [1.29, 1.82) is 0 Å². The molecule has 1 amide bonds. The van der Waals surface area contributed by atoms with E-state index in [1.165, 1.54) is 7.11 Å². The molecule has 0 aromatic heterocycles. The predicted molar refractivity (Wildman–Crippen MR) is 62.9 cm³/mol. The second-order valence-electron chi connectivity index (χ2n) is 4.49. The molecule has 0 bridgehead atoms. The van der Waals surface area contributed by atoms with Crippen molar-refractivity contribution in [1.82, 2.24) is 4.90 Å². The first-order valence-electron chi connectivity index (χ1n) is 5.89. The summed E-state index contributed by atoms with van der Waals surface area (Å²) >= 11 is 0. The maximum absolute atomic E-state index is 12.5. The van der Waals surface area contributed by atoms with Crippen molar-refractivity contribution in [3.05, 3.63) is 29.3 Å². The average Bonchev–Trinajstić information content (AvgIpc) is 2.37. The van der Waals surface area contributed by atoms with Gasteiger partial charge in [-0.05, 0) is 36.6 Å². The third-order valence-corrected chi connectivity index (χ3v) is 3.40. The number of halogens is 3. The molecule has 2 rings (SSSR count). The lowest BCUT2D eigenvalue weighted by Gasteiger charge is -2.35. The smallest absolute Gasteiger partial charge is 0.471 e. The summed E-state index contributed by atoms with van der Waals surface area (Å²) in [5, 5.41) is 0. The third kappa shape index (κ3) is 2.52. The second kappa shape index (κ2) is 4.75. The molecule has 1 aliphatic rings. The van der Waals surface area contributed by atoms with Crippen molar-refractivity contribution in [2.24, 2.45) is 0 Å². The number of amides is 1. The zero-order chi connectivity index (χ0) is 14.2. The normalized spacial score (nSPS) is 19.0. The van der Waals surface area contributed by atoms with Crippen LogP contribution in [0.25, 0.3) is 0 Å². The van der Waals surface area contributed by atoms with E-state index < -0.39 is 18.1 Å². The Balaban J connectivity index is 2.33. The lowest BCUT2D eigenvalue weighted by atomic mass is 9.93. The summed E-state index contributed by atoms with van der Waals surface area (Å²) in [6.07, 6.45) is -4.41. The summed E-state index contributed by atoms with van der Waals surface area (Å²) in [5.74, 6) is -1.21.